The van der Waals surface area contributed by atoms with Gasteiger partial charge in [-0.1, -0.05) is 36.4 Å². The molecule has 2 N–H and O–H groups in total. The summed E-state index contributed by atoms with van der Waals surface area (Å²) in [7, 11) is 1.27. The number of ether oxygens (including phenoxy) is 1. The van der Waals surface area contributed by atoms with Crippen LogP contribution in [0.1, 0.15) is 22.3 Å². The van der Waals surface area contributed by atoms with E-state index in [1.54, 1.807) is 24.3 Å². The third kappa shape index (κ3) is 4.94. The lowest BCUT2D eigenvalue weighted by Crippen LogP contribution is -2.58. The van der Waals surface area contributed by atoms with E-state index in [9.17, 15) is 14.4 Å². The molecule has 162 valence electrons. The van der Waals surface area contributed by atoms with Crippen LogP contribution < -0.4 is 10.6 Å². The highest BCUT2D eigenvalue weighted by Crippen LogP contribution is 2.46. The summed E-state index contributed by atoms with van der Waals surface area (Å²) in [5.41, 5.74) is 2.26. The van der Waals surface area contributed by atoms with E-state index in [0.29, 0.717) is 23.1 Å². The van der Waals surface area contributed by atoms with E-state index in [-0.39, 0.29) is 18.4 Å². The third-order valence-corrected chi connectivity index (χ3v) is 6.17. The molecule has 2 aliphatic heterocycles. The van der Waals surface area contributed by atoms with Crippen molar-refractivity contribution in [3.63, 3.8) is 0 Å². The molecule has 3 fully saturated rings. The van der Waals surface area contributed by atoms with Gasteiger partial charge in [0.25, 0.3) is 5.91 Å². The van der Waals surface area contributed by atoms with Crippen molar-refractivity contribution in [1.29, 1.82) is 0 Å². The van der Waals surface area contributed by atoms with Crippen LogP contribution in [-0.4, -0.2) is 49.4 Å². The first-order valence-corrected chi connectivity index (χ1v) is 10.6. The number of rotatable bonds is 7. The molecule has 2 bridgehead atoms. The molecular formula is C24H27N3O4. The van der Waals surface area contributed by atoms with E-state index < -0.39 is 11.9 Å². The van der Waals surface area contributed by atoms with Crippen molar-refractivity contribution >= 4 is 23.5 Å². The van der Waals surface area contributed by atoms with Gasteiger partial charge in [-0.2, -0.15) is 0 Å². The Morgan fingerprint density at radius 1 is 1.03 bits per heavy atom. The number of hydrogen-bond acceptors (Lipinski definition) is 5. The summed E-state index contributed by atoms with van der Waals surface area (Å²) in [5, 5.41) is 5.48. The molecular weight excluding hydrogens is 394 g/mol. The van der Waals surface area contributed by atoms with Gasteiger partial charge < -0.3 is 15.4 Å². The van der Waals surface area contributed by atoms with Gasteiger partial charge in [0.2, 0.25) is 5.91 Å². The lowest BCUT2D eigenvalue weighted by atomic mass is 9.61. The Kier molecular flexibility index (Phi) is 6.32. The van der Waals surface area contributed by atoms with Crippen molar-refractivity contribution in [1.82, 2.24) is 10.2 Å². The fraction of sp³-hybridized carbons (Fsp3) is 0.375. The fourth-order valence-corrected chi connectivity index (χ4v) is 4.67. The van der Waals surface area contributed by atoms with Crippen LogP contribution in [0.15, 0.2) is 54.6 Å². The standard InChI is InChI=1S/C24H27N3O4/c1-31-21(28)12-25-23(29)17-8-5-9-20(11-17)26-24(30)22-18-10-19(22)15-27(14-18)13-16-6-3-2-4-7-16/h2-9,11,18-19,22H,10,12-15H2,1H3,(H,25,29)(H,26,30). The quantitative estimate of drug-likeness (QED) is 0.670. The second-order valence-corrected chi connectivity index (χ2v) is 8.29. The summed E-state index contributed by atoms with van der Waals surface area (Å²) in [5.74, 6) is -0.131. The van der Waals surface area contributed by atoms with Gasteiger partial charge in [-0.15, -0.1) is 0 Å². The summed E-state index contributed by atoms with van der Waals surface area (Å²) in [6, 6.07) is 17.2. The van der Waals surface area contributed by atoms with Crippen molar-refractivity contribution in [2.24, 2.45) is 17.8 Å². The average molecular weight is 421 g/mol. The predicted molar refractivity (Wildman–Crippen MR) is 116 cm³/mol. The predicted octanol–water partition coefficient (Wildman–Crippen LogP) is 2.30. The number of piperidine rings is 2. The lowest BCUT2D eigenvalue weighted by molar-refractivity contribution is -0.139. The van der Waals surface area contributed by atoms with Gasteiger partial charge in [0, 0.05) is 36.8 Å². The maximum atomic E-state index is 12.9. The number of methoxy groups -OCH3 is 1. The number of nitrogens with one attached hydrogen (secondary N) is 2. The minimum Gasteiger partial charge on any atom is -0.468 e. The number of carbonyl (C=O) groups excluding carboxylic acids is 3. The molecule has 31 heavy (non-hydrogen) atoms. The molecule has 0 radical (unpaired) electrons. The van der Waals surface area contributed by atoms with Crippen LogP contribution >= 0.6 is 0 Å². The third-order valence-electron chi connectivity index (χ3n) is 6.17. The summed E-state index contributed by atoms with van der Waals surface area (Å²) < 4.78 is 4.52. The molecule has 2 aromatic carbocycles. The first-order chi connectivity index (χ1) is 15.0. The number of nitrogens with zero attached hydrogens (tertiary/aromatic N) is 1. The molecule has 2 unspecified atom stereocenters. The Balaban J connectivity index is 1.31. The van der Waals surface area contributed by atoms with Crippen molar-refractivity contribution in [3.05, 3.63) is 65.7 Å². The molecule has 2 atom stereocenters. The molecule has 1 saturated carbocycles. The highest BCUT2D eigenvalue weighted by atomic mass is 16.5. The van der Waals surface area contributed by atoms with Gasteiger partial charge in [-0.05, 0) is 42.0 Å². The lowest BCUT2D eigenvalue weighted by Gasteiger charge is -2.52. The van der Waals surface area contributed by atoms with Crippen molar-refractivity contribution in [2.75, 3.05) is 32.1 Å². The van der Waals surface area contributed by atoms with Crippen LogP contribution in [0.5, 0.6) is 0 Å². The maximum absolute atomic E-state index is 12.9. The van der Waals surface area contributed by atoms with Crippen molar-refractivity contribution in [2.45, 2.75) is 13.0 Å². The molecule has 0 spiro atoms. The Bertz CT molecular complexity index is 950. The molecule has 2 aromatic rings. The van der Waals surface area contributed by atoms with E-state index in [1.165, 1.54) is 12.7 Å². The molecule has 2 heterocycles. The van der Waals surface area contributed by atoms with Gasteiger partial charge in [0.05, 0.1) is 7.11 Å². The van der Waals surface area contributed by atoms with E-state index in [2.05, 4.69) is 44.5 Å². The normalized spacial score (nSPS) is 22.2. The summed E-state index contributed by atoms with van der Waals surface area (Å²) in [6.45, 7) is 2.58. The number of hydrogen-bond donors (Lipinski definition) is 2. The molecule has 2 amide bonds. The molecule has 7 heteroatoms. The van der Waals surface area contributed by atoms with Gasteiger partial charge in [-0.3, -0.25) is 19.3 Å². The van der Waals surface area contributed by atoms with Gasteiger partial charge in [-0.25, -0.2) is 0 Å². The second-order valence-electron chi connectivity index (χ2n) is 8.29. The minimum atomic E-state index is -0.518. The van der Waals surface area contributed by atoms with Crippen LogP contribution in [0.4, 0.5) is 5.69 Å². The second kappa shape index (κ2) is 9.31. The zero-order valence-electron chi connectivity index (χ0n) is 17.5. The maximum Gasteiger partial charge on any atom is 0.325 e. The van der Waals surface area contributed by atoms with E-state index >= 15 is 0 Å². The highest BCUT2D eigenvalue weighted by Gasteiger charge is 2.50. The van der Waals surface area contributed by atoms with Crippen LogP contribution in [0.3, 0.4) is 0 Å². The van der Waals surface area contributed by atoms with E-state index in [1.807, 2.05) is 6.07 Å². The number of carbonyl (C=O) groups is 3. The number of fused-ring (bicyclic) bond motifs is 2. The Hall–Kier alpha value is -3.19. The first-order valence-electron chi connectivity index (χ1n) is 10.6. The fourth-order valence-electron chi connectivity index (χ4n) is 4.67. The van der Waals surface area contributed by atoms with Crippen molar-refractivity contribution < 1.29 is 19.1 Å². The summed E-state index contributed by atoms with van der Waals surface area (Å²) >= 11 is 0. The molecule has 3 aliphatic rings. The summed E-state index contributed by atoms with van der Waals surface area (Å²) in [4.78, 5) is 38.8. The molecule has 7 nitrogen and oxygen atoms in total. The minimum absolute atomic E-state index is 0.0174. The Morgan fingerprint density at radius 3 is 2.48 bits per heavy atom. The smallest absolute Gasteiger partial charge is 0.325 e. The first kappa shape index (κ1) is 21.1. The SMILES string of the molecule is COC(=O)CNC(=O)c1cccc(NC(=O)C2C3CC2CN(Cc2ccccc2)C3)c1. The van der Waals surface area contributed by atoms with Gasteiger partial charge >= 0.3 is 5.97 Å². The van der Waals surface area contributed by atoms with E-state index in [0.717, 1.165) is 26.1 Å². The summed E-state index contributed by atoms with van der Waals surface area (Å²) in [6.07, 6.45) is 1.10. The van der Waals surface area contributed by atoms with Crippen LogP contribution in [-0.2, 0) is 20.9 Å². The average Bonchev–Trinajstić information content (AvgIpc) is 2.78. The van der Waals surface area contributed by atoms with Gasteiger partial charge in [0.1, 0.15) is 6.54 Å². The molecule has 1 aliphatic carbocycles. The van der Waals surface area contributed by atoms with Crippen molar-refractivity contribution in [3.8, 4) is 0 Å². The van der Waals surface area contributed by atoms with E-state index in [4.69, 9.17) is 0 Å². The number of benzene rings is 2. The van der Waals surface area contributed by atoms with Gasteiger partial charge in [0.15, 0.2) is 0 Å². The zero-order valence-corrected chi connectivity index (χ0v) is 17.5. The van der Waals surface area contributed by atoms with Crippen LogP contribution in [0.25, 0.3) is 0 Å². The number of amides is 2. The number of anilines is 1. The molecule has 5 rings (SSSR count). The topological polar surface area (TPSA) is 87.7 Å². The monoisotopic (exact) mass is 421 g/mol. The zero-order chi connectivity index (χ0) is 21.8. The molecule has 2 saturated heterocycles. The van der Waals surface area contributed by atoms with Crippen LogP contribution in [0, 0.1) is 17.8 Å². The largest absolute Gasteiger partial charge is 0.468 e. The Labute approximate surface area is 181 Å². The number of esters is 1. The Morgan fingerprint density at radius 2 is 1.77 bits per heavy atom. The molecule has 0 aromatic heterocycles. The highest BCUT2D eigenvalue weighted by molar-refractivity contribution is 5.99. The van der Waals surface area contributed by atoms with Crippen LogP contribution in [0.2, 0.25) is 0 Å².